The van der Waals surface area contributed by atoms with Gasteiger partial charge in [0.25, 0.3) is 0 Å². The maximum Gasteiger partial charge on any atom is 0.407 e. The van der Waals surface area contributed by atoms with Crippen molar-refractivity contribution in [1.29, 1.82) is 0 Å². The van der Waals surface area contributed by atoms with Gasteiger partial charge in [0.15, 0.2) is 0 Å². The van der Waals surface area contributed by atoms with Crippen LogP contribution in [0.5, 0.6) is 0 Å². The molecule has 4 heteroatoms. The molecule has 2 fully saturated rings. The van der Waals surface area contributed by atoms with Gasteiger partial charge in [0.2, 0.25) is 0 Å². The predicted molar refractivity (Wildman–Crippen MR) is 69.3 cm³/mol. The molecule has 0 aromatic rings. The van der Waals surface area contributed by atoms with Crippen LogP contribution >= 0.6 is 0 Å². The first-order valence-electron chi connectivity index (χ1n) is 7.00. The minimum absolute atomic E-state index is 0.207. The van der Waals surface area contributed by atoms with Gasteiger partial charge in [-0.15, -0.1) is 0 Å². The van der Waals surface area contributed by atoms with E-state index >= 15 is 0 Å². The van der Waals surface area contributed by atoms with E-state index in [2.05, 4.69) is 5.32 Å². The molecule has 0 unspecified atom stereocenters. The summed E-state index contributed by atoms with van der Waals surface area (Å²) in [6.07, 6.45) is 5.52. The third-order valence-electron chi connectivity index (χ3n) is 3.97. The van der Waals surface area contributed by atoms with Crippen LogP contribution in [0, 0.1) is 5.92 Å². The zero-order chi connectivity index (χ0) is 13.4. The maximum atomic E-state index is 11.6. The minimum atomic E-state index is -0.440. The lowest BCUT2D eigenvalue weighted by Gasteiger charge is -2.32. The molecule has 2 saturated carbocycles. The van der Waals surface area contributed by atoms with E-state index < -0.39 is 5.60 Å². The molecule has 0 radical (unpaired) electrons. The second-order valence-electron chi connectivity index (χ2n) is 6.80. The fraction of sp³-hybridized carbons (Fsp3) is 0.929. The molecule has 0 aromatic carbocycles. The van der Waals surface area contributed by atoms with E-state index in [1.165, 1.54) is 0 Å². The smallest absolute Gasteiger partial charge is 0.407 e. The fourth-order valence-corrected chi connectivity index (χ4v) is 2.79. The first kappa shape index (κ1) is 13.7. The van der Waals surface area contributed by atoms with Gasteiger partial charge < -0.3 is 15.2 Å². The van der Waals surface area contributed by atoms with Gasteiger partial charge in [-0.2, -0.15) is 0 Å². The SMILES string of the molecule is CC(C)(C)OC(=O)N[C@H]1CC[C@H](C2(O)CC2)CC1. The Morgan fingerprint density at radius 3 is 2.22 bits per heavy atom. The van der Waals surface area contributed by atoms with Gasteiger partial charge in [-0.3, -0.25) is 0 Å². The van der Waals surface area contributed by atoms with Crippen LogP contribution in [0.3, 0.4) is 0 Å². The number of nitrogens with one attached hydrogen (secondary N) is 1. The lowest BCUT2D eigenvalue weighted by molar-refractivity contribution is 0.0403. The molecular formula is C14H25NO3. The molecule has 1 amide bonds. The number of alkyl carbamates (subject to hydrolysis) is 1. The standard InChI is InChI=1S/C14H25NO3/c1-13(2,3)18-12(16)15-11-6-4-10(5-7-11)14(17)8-9-14/h10-11,17H,4-9H2,1-3H3,(H,15,16)/t10-,11-. The molecule has 0 bridgehead atoms. The third kappa shape index (κ3) is 3.61. The maximum absolute atomic E-state index is 11.6. The first-order chi connectivity index (χ1) is 8.28. The van der Waals surface area contributed by atoms with Crippen molar-refractivity contribution in [3.05, 3.63) is 0 Å². The highest BCUT2D eigenvalue weighted by Crippen LogP contribution is 2.47. The molecule has 0 aliphatic heterocycles. The van der Waals surface area contributed by atoms with Gasteiger partial charge in [-0.1, -0.05) is 0 Å². The van der Waals surface area contributed by atoms with E-state index in [1.807, 2.05) is 20.8 Å². The highest BCUT2D eigenvalue weighted by molar-refractivity contribution is 5.68. The van der Waals surface area contributed by atoms with Crippen molar-refractivity contribution in [3.63, 3.8) is 0 Å². The second kappa shape index (κ2) is 4.72. The van der Waals surface area contributed by atoms with E-state index in [0.717, 1.165) is 38.5 Å². The second-order valence-corrected chi connectivity index (χ2v) is 6.80. The summed E-state index contributed by atoms with van der Waals surface area (Å²) in [7, 11) is 0. The molecule has 2 aliphatic rings. The number of hydrogen-bond donors (Lipinski definition) is 2. The molecule has 0 atom stereocenters. The molecule has 0 heterocycles. The Morgan fingerprint density at radius 1 is 1.22 bits per heavy atom. The predicted octanol–water partition coefficient (Wildman–Crippen LogP) is 2.59. The summed E-state index contributed by atoms with van der Waals surface area (Å²) in [4.78, 5) is 11.6. The monoisotopic (exact) mass is 255 g/mol. The van der Waals surface area contributed by atoms with Crippen molar-refractivity contribution in [2.45, 2.75) is 76.5 Å². The Bertz CT molecular complexity index is 309. The summed E-state index contributed by atoms with van der Waals surface area (Å²) < 4.78 is 5.25. The number of rotatable bonds is 2. The number of aliphatic hydroxyl groups is 1. The lowest BCUT2D eigenvalue weighted by atomic mass is 9.81. The molecule has 0 saturated heterocycles. The topological polar surface area (TPSA) is 58.6 Å². The van der Waals surface area contributed by atoms with E-state index in [9.17, 15) is 9.90 Å². The van der Waals surface area contributed by atoms with Gasteiger partial charge in [0.05, 0.1) is 5.60 Å². The molecule has 2 aliphatic carbocycles. The van der Waals surface area contributed by atoms with Crippen LogP contribution in [0.15, 0.2) is 0 Å². The van der Waals surface area contributed by atoms with E-state index in [0.29, 0.717) is 5.92 Å². The van der Waals surface area contributed by atoms with Crippen molar-refractivity contribution in [3.8, 4) is 0 Å². The van der Waals surface area contributed by atoms with Crippen LogP contribution < -0.4 is 5.32 Å². The van der Waals surface area contributed by atoms with Gasteiger partial charge in [0.1, 0.15) is 5.60 Å². The fourth-order valence-electron chi connectivity index (χ4n) is 2.79. The number of hydrogen-bond acceptors (Lipinski definition) is 3. The zero-order valence-corrected chi connectivity index (χ0v) is 11.7. The van der Waals surface area contributed by atoms with Crippen molar-refractivity contribution < 1.29 is 14.6 Å². The number of carbonyl (C=O) groups is 1. The number of carbonyl (C=O) groups excluding carboxylic acids is 1. The quantitative estimate of drug-likeness (QED) is 0.797. The van der Waals surface area contributed by atoms with Crippen LogP contribution in [0.2, 0.25) is 0 Å². The van der Waals surface area contributed by atoms with Gasteiger partial charge in [0, 0.05) is 6.04 Å². The number of ether oxygens (including phenoxy) is 1. The third-order valence-corrected chi connectivity index (χ3v) is 3.97. The Hall–Kier alpha value is -0.770. The largest absolute Gasteiger partial charge is 0.444 e. The van der Waals surface area contributed by atoms with Crippen LogP contribution in [0.25, 0.3) is 0 Å². The van der Waals surface area contributed by atoms with Crippen molar-refractivity contribution >= 4 is 6.09 Å². The van der Waals surface area contributed by atoms with Gasteiger partial charge >= 0.3 is 6.09 Å². The van der Waals surface area contributed by atoms with E-state index in [4.69, 9.17) is 4.74 Å². The van der Waals surface area contributed by atoms with Crippen LogP contribution in [0.1, 0.15) is 59.3 Å². The molecule has 104 valence electrons. The van der Waals surface area contributed by atoms with E-state index in [1.54, 1.807) is 0 Å². The number of amides is 1. The van der Waals surface area contributed by atoms with E-state index in [-0.39, 0.29) is 17.7 Å². The average Bonchev–Trinajstić information content (AvgIpc) is 2.95. The Balaban J connectivity index is 1.72. The summed E-state index contributed by atoms with van der Waals surface area (Å²) in [5.41, 5.74) is -0.804. The minimum Gasteiger partial charge on any atom is -0.444 e. The van der Waals surface area contributed by atoms with Gasteiger partial charge in [-0.05, 0) is 65.2 Å². The van der Waals surface area contributed by atoms with Gasteiger partial charge in [-0.25, -0.2) is 4.79 Å². The molecule has 0 aromatic heterocycles. The van der Waals surface area contributed by atoms with Crippen LogP contribution in [-0.4, -0.2) is 28.4 Å². The molecule has 4 nitrogen and oxygen atoms in total. The molecular weight excluding hydrogens is 230 g/mol. The van der Waals surface area contributed by atoms with Crippen molar-refractivity contribution in [2.75, 3.05) is 0 Å². The molecule has 2 rings (SSSR count). The first-order valence-corrected chi connectivity index (χ1v) is 7.00. The Kier molecular flexibility index (Phi) is 3.58. The molecule has 18 heavy (non-hydrogen) atoms. The highest BCUT2D eigenvalue weighted by atomic mass is 16.6. The van der Waals surface area contributed by atoms with Crippen LogP contribution in [-0.2, 0) is 4.74 Å². The normalized spacial score (nSPS) is 30.7. The average molecular weight is 255 g/mol. The summed E-state index contributed by atoms with van der Waals surface area (Å²) in [6, 6.07) is 0.207. The lowest BCUT2D eigenvalue weighted by Crippen LogP contribution is -2.42. The summed E-state index contributed by atoms with van der Waals surface area (Å²) in [5, 5.41) is 13.0. The van der Waals surface area contributed by atoms with Crippen molar-refractivity contribution in [2.24, 2.45) is 5.92 Å². The van der Waals surface area contributed by atoms with Crippen LogP contribution in [0.4, 0.5) is 4.79 Å². The Labute approximate surface area is 109 Å². The summed E-state index contributed by atoms with van der Waals surface area (Å²) in [6.45, 7) is 5.60. The zero-order valence-electron chi connectivity index (χ0n) is 11.7. The summed E-state index contributed by atoms with van der Waals surface area (Å²) in [5.74, 6) is 0.439. The highest BCUT2D eigenvalue weighted by Gasteiger charge is 2.48. The summed E-state index contributed by atoms with van der Waals surface area (Å²) >= 11 is 0. The Morgan fingerprint density at radius 2 is 1.78 bits per heavy atom. The molecule has 2 N–H and O–H groups in total. The molecule has 0 spiro atoms. The van der Waals surface area contributed by atoms with Crippen molar-refractivity contribution in [1.82, 2.24) is 5.32 Å².